The van der Waals surface area contributed by atoms with Gasteiger partial charge in [0, 0.05) is 13.1 Å². The van der Waals surface area contributed by atoms with Crippen LogP contribution in [0, 0.1) is 12.8 Å². The molecule has 0 atom stereocenters. The Bertz CT molecular complexity index is 452. The monoisotopic (exact) mass is 249 g/mol. The second-order valence-electron chi connectivity index (χ2n) is 4.95. The van der Waals surface area contributed by atoms with Crippen LogP contribution in [0.1, 0.15) is 18.4 Å². The molecular weight excluding hydrogens is 230 g/mol. The van der Waals surface area contributed by atoms with Gasteiger partial charge in [-0.1, -0.05) is 6.07 Å². The smallest absolute Gasteiger partial charge is 0.306 e. The number of carboxylic acid groups (broad SMARTS) is 1. The molecule has 0 aliphatic heterocycles. The van der Waals surface area contributed by atoms with Crippen LogP contribution in [0.3, 0.4) is 0 Å². The summed E-state index contributed by atoms with van der Waals surface area (Å²) in [6, 6.07) is 6.33. The molecule has 98 valence electrons. The summed E-state index contributed by atoms with van der Waals surface area (Å²) in [5.74, 6) is -0.0361. The van der Waals surface area contributed by atoms with Crippen LogP contribution in [0.25, 0.3) is 0 Å². The molecule has 1 aromatic rings. The molecule has 0 saturated heterocycles. The molecule has 2 rings (SSSR count). The fraction of sp³-hybridized carbons (Fsp3) is 0.500. The zero-order valence-electron chi connectivity index (χ0n) is 11.0. The quantitative estimate of drug-likeness (QED) is 0.889. The van der Waals surface area contributed by atoms with Crippen molar-refractivity contribution in [3.05, 3.63) is 23.8 Å². The first-order chi connectivity index (χ1) is 8.52. The van der Waals surface area contributed by atoms with E-state index in [1.165, 1.54) is 5.56 Å². The predicted octanol–water partition coefficient (Wildman–Crippen LogP) is 2.30. The Morgan fingerprint density at radius 3 is 2.67 bits per heavy atom. The minimum absolute atomic E-state index is 0.187. The molecule has 0 unspecified atom stereocenters. The summed E-state index contributed by atoms with van der Waals surface area (Å²) in [5, 5.41) is 8.91. The maximum Gasteiger partial charge on any atom is 0.306 e. The molecule has 1 aliphatic carbocycles. The minimum atomic E-state index is -0.684. The third kappa shape index (κ3) is 2.28. The highest BCUT2D eigenvalue weighted by Crippen LogP contribution is 2.37. The number of aliphatic carboxylic acids is 1. The zero-order valence-corrected chi connectivity index (χ0v) is 11.0. The van der Waals surface area contributed by atoms with E-state index in [0.29, 0.717) is 18.9 Å². The molecule has 0 amide bonds. The number of hydrogen-bond acceptors (Lipinski definition) is 3. The van der Waals surface area contributed by atoms with E-state index in [2.05, 4.69) is 11.0 Å². The summed E-state index contributed by atoms with van der Waals surface area (Å²) >= 11 is 0. The van der Waals surface area contributed by atoms with Gasteiger partial charge in [-0.05, 0) is 37.5 Å². The third-order valence-electron chi connectivity index (χ3n) is 3.72. The fourth-order valence-corrected chi connectivity index (χ4v) is 2.38. The lowest BCUT2D eigenvalue weighted by atomic mass is 9.79. The van der Waals surface area contributed by atoms with Crippen LogP contribution in [0.15, 0.2) is 18.2 Å². The van der Waals surface area contributed by atoms with Crippen LogP contribution in [0.4, 0.5) is 5.69 Å². The number of carboxylic acids is 1. The molecule has 1 fully saturated rings. The largest absolute Gasteiger partial charge is 0.495 e. The van der Waals surface area contributed by atoms with Gasteiger partial charge < -0.3 is 14.7 Å². The van der Waals surface area contributed by atoms with E-state index in [4.69, 9.17) is 9.84 Å². The lowest BCUT2D eigenvalue weighted by Crippen LogP contribution is -2.45. The predicted molar refractivity (Wildman–Crippen MR) is 70.3 cm³/mol. The number of methoxy groups -OCH3 is 1. The van der Waals surface area contributed by atoms with E-state index < -0.39 is 5.97 Å². The topological polar surface area (TPSA) is 49.8 Å². The van der Waals surface area contributed by atoms with E-state index in [-0.39, 0.29) is 5.92 Å². The Morgan fingerprint density at radius 1 is 1.44 bits per heavy atom. The van der Waals surface area contributed by atoms with Crippen molar-refractivity contribution in [3.8, 4) is 5.75 Å². The maximum atomic E-state index is 10.8. The fourth-order valence-electron chi connectivity index (χ4n) is 2.38. The lowest BCUT2D eigenvalue weighted by Gasteiger charge is -2.40. The highest BCUT2D eigenvalue weighted by Gasteiger charge is 2.37. The Labute approximate surface area is 107 Å². The SMILES string of the molecule is COc1ccc(C)cc1N(C)C1CC(C(=O)O)C1. The number of anilines is 1. The summed E-state index contributed by atoms with van der Waals surface area (Å²) in [5.41, 5.74) is 2.21. The van der Waals surface area contributed by atoms with Crippen molar-refractivity contribution in [2.45, 2.75) is 25.8 Å². The summed E-state index contributed by atoms with van der Waals surface area (Å²) in [6.07, 6.45) is 1.42. The number of aryl methyl sites for hydroxylation is 1. The highest BCUT2D eigenvalue weighted by molar-refractivity contribution is 5.72. The lowest BCUT2D eigenvalue weighted by molar-refractivity contribution is -0.145. The standard InChI is InChI=1S/C14H19NO3/c1-9-4-5-13(18-3)12(6-9)15(2)11-7-10(8-11)14(16)17/h4-6,10-11H,7-8H2,1-3H3,(H,16,17). The van der Waals surface area contributed by atoms with Crippen LogP contribution >= 0.6 is 0 Å². The summed E-state index contributed by atoms with van der Waals surface area (Å²) in [4.78, 5) is 13.0. The van der Waals surface area contributed by atoms with Gasteiger partial charge >= 0.3 is 5.97 Å². The molecule has 0 bridgehead atoms. The number of hydrogen-bond donors (Lipinski definition) is 1. The van der Waals surface area contributed by atoms with Crippen molar-refractivity contribution in [1.29, 1.82) is 0 Å². The normalized spacial score (nSPS) is 22.2. The molecule has 0 heterocycles. The van der Waals surface area contributed by atoms with Gasteiger partial charge in [-0.25, -0.2) is 0 Å². The van der Waals surface area contributed by atoms with Gasteiger partial charge in [0.2, 0.25) is 0 Å². The average Bonchev–Trinajstić information content (AvgIpc) is 2.26. The summed E-state index contributed by atoms with van der Waals surface area (Å²) in [6.45, 7) is 2.04. The molecular formula is C14H19NO3. The Kier molecular flexibility index (Phi) is 3.45. The van der Waals surface area contributed by atoms with Gasteiger partial charge in [-0.15, -0.1) is 0 Å². The van der Waals surface area contributed by atoms with Crippen molar-refractivity contribution >= 4 is 11.7 Å². The van der Waals surface area contributed by atoms with Crippen LogP contribution < -0.4 is 9.64 Å². The molecule has 0 aromatic heterocycles. The van der Waals surface area contributed by atoms with E-state index in [1.54, 1.807) is 7.11 Å². The number of ether oxygens (including phenoxy) is 1. The summed E-state index contributed by atoms with van der Waals surface area (Å²) < 4.78 is 5.36. The van der Waals surface area contributed by atoms with Crippen LogP contribution in [0.2, 0.25) is 0 Å². The van der Waals surface area contributed by atoms with Crippen LogP contribution in [-0.2, 0) is 4.79 Å². The van der Waals surface area contributed by atoms with Gasteiger partial charge in [-0.3, -0.25) is 4.79 Å². The van der Waals surface area contributed by atoms with Gasteiger partial charge in [0.15, 0.2) is 0 Å². The second kappa shape index (κ2) is 4.88. The van der Waals surface area contributed by atoms with Crippen molar-refractivity contribution in [2.24, 2.45) is 5.92 Å². The number of rotatable bonds is 4. The molecule has 1 N–H and O–H groups in total. The second-order valence-corrected chi connectivity index (χ2v) is 4.95. The molecule has 0 radical (unpaired) electrons. The minimum Gasteiger partial charge on any atom is -0.495 e. The summed E-state index contributed by atoms with van der Waals surface area (Å²) in [7, 11) is 3.66. The Morgan fingerprint density at radius 2 is 2.11 bits per heavy atom. The first-order valence-corrected chi connectivity index (χ1v) is 6.13. The first-order valence-electron chi connectivity index (χ1n) is 6.13. The number of nitrogens with zero attached hydrogens (tertiary/aromatic N) is 1. The molecule has 18 heavy (non-hydrogen) atoms. The number of benzene rings is 1. The van der Waals surface area contributed by atoms with Gasteiger partial charge in [0.05, 0.1) is 18.7 Å². The van der Waals surface area contributed by atoms with Crippen molar-refractivity contribution in [1.82, 2.24) is 0 Å². The van der Waals surface area contributed by atoms with E-state index >= 15 is 0 Å². The maximum absolute atomic E-state index is 10.8. The Balaban J connectivity index is 2.12. The van der Waals surface area contributed by atoms with Crippen molar-refractivity contribution in [2.75, 3.05) is 19.1 Å². The number of carbonyl (C=O) groups is 1. The Hall–Kier alpha value is -1.71. The van der Waals surface area contributed by atoms with Crippen LogP contribution in [0.5, 0.6) is 5.75 Å². The molecule has 1 aromatic carbocycles. The van der Waals surface area contributed by atoms with E-state index in [1.807, 2.05) is 26.1 Å². The molecule has 4 heteroatoms. The first kappa shape index (κ1) is 12.7. The van der Waals surface area contributed by atoms with Crippen molar-refractivity contribution < 1.29 is 14.6 Å². The average molecular weight is 249 g/mol. The van der Waals surface area contributed by atoms with Gasteiger partial charge in [-0.2, -0.15) is 0 Å². The van der Waals surface area contributed by atoms with Gasteiger partial charge in [0.25, 0.3) is 0 Å². The molecule has 1 saturated carbocycles. The van der Waals surface area contributed by atoms with Gasteiger partial charge in [0.1, 0.15) is 5.75 Å². The zero-order chi connectivity index (χ0) is 13.3. The third-order valence-corrected chi connectivity index (χ3v) is 3.72. The highest BCUT2D eigenvalue weighted by atomic mass is 16.5. The van der Waals surface area contributed by atoms with Crippen LogP contribution in [-0.4, -0.2) is 31.3 Å². The molecule has 4 nitrogen and oxygen atoms in total. The van der Waals surface area contributed by atoms with Crippen molar-refractivity contribution in [3.63, 3.8) is 0 Å². The molecule has 0 spiro atoms. The van der Waals surface area contributed by atoms with E-state index in [0.717, 1.165) is 11.4 Å². The molecule has 1 aliphatic rings. The van der Waals surface area contributed by atoms with E-state index in [9.17, 15) is 4.79 Å².